The molecule has 0 bridgehead atoms. The summed E-state index contributed by atoms with van der Waals surface area (Å²) in [6.45, 7) is 1.33. The summed E-state index contributed by atoms with van der Waals surface area (Å²) in [6, 6.07) is 5.56. The number of aromatic nitrogens is 3. The van der Waals surface area contributed by atoms with Crippen LogP contribution in [-0.4, -0.2) is 51.2 Å². The van der Waals surface area contributed by atoms with Gasteiger partial charge in [-0.2, -0.15) is 0 Å². The van der Waals surface area contributed by atoms with E-state index in [-0.39, 0.29) is 12.5 Å². The Labute approximate surface area is 140 Å². The minimum atomic E-state index is -0.941. The van der Waals surface area contributed by atoms with Gasteiger partial charge in [0, 0.05) is 44.3 Å². The molecular weight excluding hydrogens is 306 g/mol. The van der Waals surface area contributed by atoms with Crippen molar-refractivity contribution in [2.24, 2.45) is 0 Å². The number of hydrogen-bond donors (Lipinski definition) is 2. The van der Waals surface area contributed by atoms with Gasteiger partial charge in [-0.05, 0) is 30.5 Å². The van der Waals surface area contributed by atoms with E-state index in [1.165, 1.54) is 0 Å². The maximum atomic E-state index is 12.0. The lowest BCUT2D eigenvalue weighted by Gasteiger charge is -2.23. The van der Waals surface area contributed by atoms with Gasteiger partial charge in [0.15, 0.2) is 0 Å². The lowest BCUT2D eigenvalue weighted by atomic mass is 10.0. The van der Waals surface area contributed by atoms with Crippen molar-refractivity contribution in [3.05, 3.63) is 48.5 Å². The summed E-state index contributed by atoms with van der Waals surface area (Å²) in [5, 5.41) is 13.5. The van der Waals surface area contributed by atoms with Crippen LogP contribution in [0.25, 0.3) is 0 Å². The highest BCUT2D eigenvalue weighted by atomic mass is 16.3. The van der Waals surface area contributed by atoms with Crippen LogP contribution in [0.4, 0.5) is 5.95 Å². The van der Waals surface area contributed by atoms with E-state index in [0.29, 0.717) is 38.3 Å². The van der Waals surface area contributed by atoms with Gasteiger partial charge in [0.25, 0.3) is 0 Å². The summed E-state index contributed by atoms with van der Waals surface area (Å²) < 4.78 is 0. The van der Waals surface area contributed by atoms with Crippen molar-refractivity contribution in [3.63, 3.8) is 0 Å². The fraction of sp³-hybridized carbons (Fsp3) is 0.412. The highest BCUT2D eigenvalue weighted by Gasteiger charge is 2.37. The molecule has 1 fully saturated rings. The molecule has 1 amide bonds. The van der Waals surface area contributed by atoms with Gasteiger partial charge in [0.05, 0.1) is 6.54 Å². The van der Waals surface area contributed by atoms with Gasteiger partial charge < -0.3 is 15.3 Å². The monoisotopic (exact) mass is 327 g/mol. The van der Waals surface area contributed by atoms with E-state index >= 15 is 0 Å². The van der Waals surface area contributed by atoms with E-state index in [9.17, 15) is 9.90 Å². The van der Waals surface area contributed by atoms with Crippen LogP contribution >= 0.6 is 0 Å². The third kappa shape index (κ3) is 4.26. The molecule has 3 heterocycles. The minimum Gasteiger partial charge on any atom is -0.386 e. The third-order valence-electron chi connectivity index (χ3n) is 4.15. The van der Waals surface area contributed by atoms with Crippen molar-refractivity contribution in [2.45, 2.75) is 24.9 Å². The van der Waals surface area contributed by atoms with Crippen molar-refractivity contribution >= 4 is 11.9 Å². The van der Waals surface area contributed by atoms with Crippen LogP contribution in [0.3, 0.4) is 0 Å². The van der Waals surface area contributed by atoms with Crippen LogP contribution in [0.1, 0.15) is 18.4 Å². The topological polar surface area (TPSA) is 91.2 Å². The second kappa shape index (κ2) is 7.35. The largest absolute Gasteiger partial charge is 0.386 e. The molecule has 24 heavy (non-hydrogen) atoms. The second-order valence-electron chi connectivity index (χ2n) is 6.08. The first-order valence-electron chi connectivity index (χ1n) is 8.05. The van der Waals surface area contributed by atoms with Gasteiger partial charge in [0.2, 0.25) is 11.9 Å². The predicted molar refractivity (Wildman–Crippen MR) is 89.4 cm³/mol. The molecule has 1 unspecified atom stereocenters. The number of rotatable bonds is 6. The number of nitrogens with zero attached hydrogens (tertiary/aromatic N) is 4. The summed E-state index contributed by atoms with van der Waals surface area (Å²) in [5.74, 6) is 0.540. The fourth-order valence-corrected chi connectivity index (χ4v) is 2.78. The molecule has 1 aliphatic heterocycles. The van der Waals surface area contributed by atoms with E-state index in [0.717, 1.165) is 5.56 Å². The summed E-state index contributed by atoms with van der Waals surface area (Å²) in [4.78, 5) is 26.3. The van der Waals surface area contributed by atoms with Gasteiger partial charge in [-0.1, -0.05) is 6.07 Å². The van der Waals surface area contributed by atoms with Crippen LogP contribution < -0.4 is 10.2 Å². The zero-order valence-electron chi connectivity index (χ0n) is 13.4. The third-order valence-corrected chi connectivity index (χ3v) is 4.15. The van der Waals surface area contributed by atoms with E-state index in [1.54, 1.807) is 30.9 Å². The molecule has 0 aromatic carbocycles. The molecule has 3 rings (SSSR count). The van der Waals surface area contributed by atoms with Crippen molar-refractivity contribution in [1.29, 1.82) is 0 Å². The number of pyridine rings is 1. The van der Waals surface area contributed by atoms with Crippen molar-refractivity contribution in [1.82, 2.24) is 20.3 Å². The van der Waals surface area contributed by atoms with E-state index in [2.05, 4.69) is 20.3 Å². The number of amides is 1. The molecule has 0 radical (unpaired) electrons. The average Bonchev–Trinajstić information content (AvgIpc) is 3.03. The van der Waals surface area contributed by atoms with E-state index < -0.39 is 5.60 Å². The Hall–Kier alpha value is -2.54. The van der Waals surface area contributed by atoms with Gasteiger partial charge in [-0.3, -0.25) is 9.78 Å². The van der Waals surface area contributed by atoms with Crippen molar-refractivity contribution in [2.75, 3.05) is 24.5 Å². The van der Waals surface area contributed by atoms with Crippen LogP contribution in [0.2, 0.25) is 0 Å². The predicted octanol–water partition coefficient (Wildman–Crippen LogP) is 0.562. The molecule has 1 atom stereocenters. The highest BCUT2D eigenvalue weighted by Crippen LogP contribution is 2.23. The molecule has 1 saturated heterocycles. The summed E-state index contributed by atoms with van der Waals surface area (Å²) in [5.41, 5.74) is 0.0861. The van der Waals surface area contributed by atoms with Gasteiger partial charge in [-0.15, -0.1) is 0 Å². The Morgan fingerprint density at radius 3 is 2.88 bits per heavy atom. The van der Waals surface area contributed by atoms with E-state index in [1.807, 2.05) is 17.0 Å². The molecule has 2 aromatic rings. The number of aliphatic hydroxyl groups is 1. The maximum absolute atomic E-state index is 12.0. The number of hydrogen-bond acceptors (Lipinski definition) is 6. The van der Waals surface area contributed by atoms with Gasteiger partial charge in [0.1, 0.15) is 5.60 Å². The first-order valence-corrected chi connectivity index (χ1v) is 8.05. The maximum Gasteiger partial charge on any atom is 0.225 e. The molecular formula is C17H21N5O2. The van der Waals surface area contributed by atoms with Crippen molar-refractivity contribution in [3.8, 4) is 0 Å². The molecule has 0 saturated carbocycles. The summed E-state index contributed by atoms with van der Waals surface area (Å²) in [6.07, 6.45) is 8.43. The highest BCUT2D eigenvalue weighted by molar-refractivity contribution is 5.76. The Morgan fingerprint density at radius 1 is 1.29 bits per heavy atom. The number of anilines is 1. The van der Waals surface area contributed by atoms with Crippen LogP contribution in [0.15, 0.2) is 43.0 Å². The average molecular weight is 327 g/mol. The number of aryl methyl sites for hydroxylation is 1. The smallest absolute Gasteiger partial charge is 0.225 e. The van der Waals surface area contributed by atoms with Crippen molar-refractivity contribution < 1.29 is 9.90 Å². The molecule has 1 aliphatic rings. The molecule has 126 valence electrons. The zero-order valence-corrected chi connectivity index (χ0v) is 13.4. The standard InChI is InChI=1S/C17H21N5O2/c23-15(5-4-14-3-1-7-18-11-14)21-12-17(24)6-10-22(13-17)16-19-8-2-9-20-16/h1-3,7-9,11,24H,4-6,10,12-13H2,(H,21,23). The molecule has 7 nitrogen and oxygen atoms in total. The van der Waals surface area contributed by atoms with E-state index in [4.69, 9.17) is 0 Å². The number of carbonyl (C=O) groups is 1. The Morgan fingerprint density at radius 2 is 2.12 bits per heavy atom. The minimum absolute atomic E-state index is 0.0679. The van der Waals surface area contributed by atoms with Crippen LogP contribution in [0.5, 0.6) is 0 Å². The quantitative estimate of drug-likeness (QED) is 0.806. The molecule has 0 aliphatic carbocycles. The number of carbonyl (C=O) groups excluding carboxylic acids is 1. The number of β-amino-alcohol motifs (C(OH)–C–C–N with tert-alkyl or cyclic N) is 1. The van der Waals surface area contributed by atoms with Gasteiger partial charge >= 0.3 is 0 Å². The zero-order chi connectivity index (χ0) is 16.8. The SMILES string of the molecule is O=C(CCc1cccnc1)NCC1(O)CCN(c2ncccn2)C1. The fourth-order valence-electron chi connectivity index (χ4n) is 2.78. The second-order valence-corrected chi connectivity index (χ2v) is 6.08. The molecule has 2 aromatic heterocycles. The first-order chi connectivity index (χ1) is 11.6. The molecule has 7 heteroatoms. The summed E-state index contributed by atoms with van der Waals surface area (Å²) >= 11 is 0. The number of nitrogens with one attached hydrogen (secondary N) is 1. The van der Waals surface area contributed by atoms with Crippen LogP contribution in [0, 0.1) is 0 Å². The molecule has 2 N–H and O–H groups in total. The normalized spacial score (nSPS) is 20.1. The first kappa shape index (κ1) is 16.3. The Balaban J connectivity index is 1.45. The molecule has 0 spiro atoms. The summed E-state index contributed by atoms with van der Waals surface area (Å²) in [7, 11) is 0. The lowest BCUT2D eigenvalue weighted by molar-refractivity contribution is -0.122. The van der Waals surface area contributed by atoms with Gasteiger partial charge in [-0.25, -0.2) is 9.97 Å². The lowest BCUT2D eigenvalue weighted by Crippen LogP contribution is -2.45. The van der Waals surface area contributed by atoms with Crippen LogP contribution in [-0.2, 0) is 11.2 Å². The Bertz CT molecular complexity index is 667. The Kier molecular flexibility index (Phi) is 5.00.